The molecule has 0 amide bonds. The Morgan fingerprint density at radius 2 is 1.72 bits per heavy atom. The normalized spacial score (nSPS) is 38.5. The summed E-state index contributed by atoms with van der Waals surface area (Å²) < 4.78 is 5.40. The maximum absolute atomic E-state index is 5.60. The lowest BCUT2D eigenvalue weighted by molar-refractivity contribution is -0.0672. The minimum atomic E-state index is 0.514. The van der Waals surface area contributed by atoms with E-state index in [9.17, 15) is 0 Å². The molecule has 2 N–H and O–H groups in total. The Bertz CT molecular complexity index is 442. The topological polar surface area (TPSA) is 36.5 Å². The number of hydrogen-bond acceptors (Lipinski definition) is 3. The van der Waals surface area contributed by atoms with Gasteiger partial charge in [-0.15, -0.1) is 0 Å². The molecule has 5 aliphatic rings. The molecule has 5 heteroatoms. The predicted molar refractivity (Wildman–Crippen MR) is 106 cm³/mol. The molecule has 4 nitrogen and oxygen atoms in total. The maximum atomic E-state index is 5.60. The van der Waals surface area contributed by atoms with Gasteiger partial charge in [-0.25, -0.2) is 0 Å². The standard InChI is InChI=1S/C20H35N3OS/c1-15(20-12-16-9-17(13-20)11-18(10-16)14-20)22-19(25)21-3-2-4-23-5-7-24-8-6-23/h15-18H,2-14H2,1H3,(H2,21,22,25)/t15-,16?,17?,18?,20?/m0/s1. The van der Waals surface area contributed by atoms with Crippen molar-refractivity contribution in [3.05, 3.63) is 0 Å². The van der Waals surface area contributed by atoms with E-state index in [1.807, 2.05) is 0 Å². The quantitative estimate of drug-likeness (QED) is 0.559. The van der Waals surface area contributed by atoms with Crippen molar-refractivity contribution in [2.45, 2.75) is 57.9 Å². The second kappa shape index (κ2) is 7.69. The highest BCUT2D eigenvalue weighted by Crippen LogP contribution is 2.61. The van der Waals surface area contributed by atoms with Crippen LogP contribution in [-0.4, -0.2) is 55.4 Å². The fourth-order valence-corrected chi connectivity index (χ4v) is 6.72. The molecule has 0 aromatic carbocycles. The molecule has 0 spiro atoms. The second-order valence-electron chi connectivity index (χ2n) is 9.21. The lowest BCUT2D eigenvalue weighted by Gasteiger charge is -2.59. The van der Waals surface area contributed by atoms with Crippen LogP contribution in [0, 0.1) is 23.2 Å². The molecule has 1 heterocycles. The molecule has 5 fully saturated rings. The van der Waals surface area contributed by atoms with Crippen molar-refractivity contribution in [3.63, 3.8) is 0 Å². The van der Waals surface area contributed by atoms with Crippen LogP contribution in [0.3, 0.4) is 0 Å². The summed E-state index contributed by atoms with van der Waals surface area (Å²) in [6.45, 7) is 8.42. The van der Waals surface area contributed by atoms with Crippen LogP contribution in [0.2, 0.25) is 0 Å². The first kappa shape index (κ1) is 18.0. The lowest BCUT2D eigenvalue weighted by atomic mass is 9.48. The summed E-state index contributed by atoms with van der Waals surface area (Å²) in [7, 11) is 0. The molecule has 25 heavy (non-hydrogen) atoms. The monoisotopic (exact) mass is 365 g/mol. The van der Waals surface area contributed by atoms with Gasteiger partial charge in [0, 0.05) is 25.7 Å². The zero-order valence-electron chi connectivity index (χ0n) is 15.8. The van der Waals surface area contributed by atoms with Gasteiger partial charge in [0.05, 0.1) is 13.2 Å². The fourth-order valence-electron chi connectivity index (χ4n) is 6.44. The number of rotatable bonds is 6. The van der Waals surface area contributed by atoms with Gasteiger partial charge in [0.1, 0.15) is 0 Å². The summed E-state index contributed by atoms with van der Waals surface area (Å²) in [5.41, 5.74) is 0.522. The number of ether oxygens (including phenoxy) is 1. The van der Waals surface area contributed by atoms with Gasteiger partial charge in [0.15, 0.2) is 5.11 Å². The van der Waals surface area contributed by atoms with Crippen molar-refractivity contribution < 1.29 is 4.74 Å². The van der Waals surface area contributed by atoms with Gasteiger partial charge in [-0.1, -0.05) is 0 Å². The molecule has 0 unspecified atom stereocenters. The number of morpholine rings is 1. The SMILES string of the molecule is C[C@H](NC(=S)NCCCN1CCOCC1)C12CC3CC(CC(C3)C1)C2. The molecule has 4 bridgehead atoms. The summed E-state index contributed by atoms with van der Waals surface area (Å²) in [6, 6.07) is 0.514. The molecule has 1 atom stereocenters. The molecule has 142 valence electrons. The highest BCUT2D eigenvalue weighted by atomic mass is 32.1. The zero-order valence-corrected chi connectivity index (χ0v) is 16.6. The van der Waals surface area contributed by atoms with Crippen molar-refractivity contribution in [3.8, 4) is 0 Å². The third-order valence-electron chi connectivity index (χ3n) is 7.39. The Morgan fingerprint density at radius 3 is 2.32 bits per heavy atom. The van der Waals surface area contributed by atoms with Crippen LogP contribution in [-0.2, 0) is 4.74 Å². The minimum absolute atomic E-state index is 0.514. The summed E-state index contributed by atoms with van der Waals surface area (Å²) in [5, 5.41) is 7.98. The number of nitrogens with one attached hydrogen (secondary N) is 2. The smallest absolute Gasteiger partial charge is 0.166 e. The first-order valence-corrected chi connectivity index (χ1v) is 10.9. The first-order chi connectivity index (χ1) is 12.1. The summed E-state index contributed by atoms with van der Waals surface area (Å²) in [5.74, 6) is 3.02. The molecule has 0 aromatic rings. The Labute approximate surface area is 158 Å². The van der Waals surface area contributed by atoms with Crippen molar-refractivity contribution in [2.75, 3.05) is 39.4 Å². The number of thiocarbonyl (C=S) groups is 1. The van der Waals surface area contributed by atoms with Gasteiger partial charge in [-0.05, 0) is 93.8 Å². The van der Waals surface area contributed by atoms with Crippen LogP contribution in [0.4, 0.5) is 0 Å². The van der Waals surface area contributed by atoms with Crippen LogP contribution in [0.25, 0.3) is 0 Å². The van der Waals surface area contributed by atoms with E-state index < -0.39 is 0 Å². The first-order valence-electron chi connectivity index (χ1n) is 10.5. The Kier molecular flexibility index (Phi) is 5.54. The molecular weight excluding hydrogens is 330 g/mol. The van der Waals surface area contributed by atoms with Crippen molar-refractivity contribution in [1.29, 1.82) is 0 Å². The van der Waals surface area contributed by atoms with Crippen molar-refractivity contribution >= 4 is 17.3 Å². The van der Waals surface area contributed by atoms with E-state index in [4.69, 9.17) is 17.0 Å². The number of hydrogen-bond donors (Lipinski definition) is 2. The largest absolute Gasteiger partial charge is 0.379 e. The lowest BCUT2D eigenvalue weighted by Crippen LogP contribution is -2.57. The summed E-state index contributed by atoms with van der Waals surface area (Å²) >= 11 is 5.60. The minimum Gasteiger partial charge on any atom is -0.379 e. The third-order valence-corrected chi connectivity index (χ3v) is 7.65. The van der Waals surface area contributed by atoms with Gasteiger partial charge in [-0.3, -0.25) is 4.90 Å². The maximum Gasteiger partial charge on any atom is 0.166 e. The Balaban J connectivity index is 1.19. The van der Waals surface area contributed by atoms with Crippen LogP contribution in [0.1, 0.15) is 51.9 Å². The number of nitrogens with zero attached hydrogens (tertiary/aromatic N) is 1. The molecular formula is C20H35N3OS. The van der Waals surface area contributed by atoms with E-state index in [0.717, 1.165) is 68.7 Å². The van der Waals surface area contributed by atoms with E-state index in [1.54, 1.807) is 0 Å². The predicted octanol–water partition coefficient (Wildman–Crippen LogP) is 2.78. The van der Waals surface area contributed by atoms with E-state index in [2.05, 4.69) is 22.5 Å². The Hall–Kier alpha value is -0.390. The fraction of sp³-hybridized carbons (Fsp3) is 0.950. The Morgan fingerprint density at radius 1 is 1.12 bits per heavy atom. The summed E-state index contributed by atoms with van der Waals surface area (Å²) in [6.07, 6.45) is 9.99. The van der Waals surface area contributed by atoms with Crippen LogP contribution in [0.15, 0.2) is 0 Å². The van der Waals surface area contributed by atoms with Crippen molar-refractivity contribution in [2.24, 2.45) is 23.2 Å². The van der Waals surface area contributed by atoms with Crippen molar-refractivity contribution in [1.82, 2.24) is 15.5 Å². The van der Waals surface area contributed by atoms with Crippen LogP contribution < -0.4 is 10.6 Å². The molecule has 4 aliphatic carbocycles. The van der Waals surface area contributed by atoms with Gasteiger partial charge in [-0.2, -0.15) is 0 Å². The highest BCUT2D eigenvalue weighted by Gasteiger charge is 2.53. The van der Waals surface area contributed by atoms with Crippen LogP contribution in [0.5, 0.6) is 0 Å². The van der Waals surface area contributed by atoms with Gasteiger partial charge in [0.2, 0.25) is 0 Å². The van der Waals surface area contributed by atoms with Gasteiger partial charge < -0.3 is 15.4 Å². The molecule has 4 saturated carbocycles. The molecule has 1 aliphatic heterocycles. The van der Waals surface area contributed by atoms with E-state index in [-0.39, 0.29) is 0 Å². The molecule has 0 aromatic heterocycles. The van der Waals surface area contributed by atoms with Gasteiger partial charge >= 0.3 is 0 Å². The van der Waals surface area contributed by atoms with E-state index in [1.165, 1.54) is 38.5 Å². The molecule has 0 radical (unpaired) electrons. The van der Waals surface area contributed by atoms with Gasteiger partial charge in [0.25, 0.3) is 0 Å². The average molecular weight is 366 g/mol. The molecule has 1 saturated heterocycles. The third kappa shape index (κ3) is 4.14. The zero-order chi connectivity index (χ0) is 17.3. The highest BCUT2D eigenvalue weighted by molar-refractivity contribution is 7.80. The summed E-state index contributed by atoms with van der Waals surface area (Å²) in [4.78, 5) is 2.49. The second-order valence-corrected chi connectivity index (χ2v) is 9.62. The van der Waals surface area contributed by atoms with Crippen LogP contribution >= 0.6 is 12.2 Å². The molecule has 5 rings (SSSR count). The average Bonchev–Trinajstić information content (AvgIpc) is 2.58. The van der Waals surface area contributed by atoms with E-state index >= 15 is 0 Å². The van der Waals surface area contributed by atoms with E-state index in [0.29, 0.717) is 11.5 Å².